The average Bonchev–Trinajstić information content (AvgIpc) is 0.689. The molecule has 0 fully saturated rings. The van der Waals surface area contributed by atoms with Gasteiger partial charge in [-0.25, -0.2) is 0 Å². The van der Waals surface area contributed by atoms with E-state index in [-0.39, 0.29) is 4.64 Å². The summed E-state index contributed by atoms with van der Waals surface area (Å²) in [4.78, 5) is 0. The van der Waals surface area contributed by atoms with Crippen molar-refractivity contribution in [3.05, 3.63) is 173 Å². The highest BCUT2D eigenvalue weighted by Gasteiger charge is 2.57. The summed E-state index contributed by atoms with van der Waals surface area (Å²) in [6.07, 6.45) is 68.3. The first kappa shape index (κ1) is 100. The normalized spacial score (nSPS) is 12.1. The van der Waals surface area contributed by atoms with Crippen LogP contribution in [0.1, 0.15) is 476 Å². The lowest BCUT2D eigenvalue weighted by Gasteiger charge is -2.55. The second kappa shape index (κ2) is 57.8. The highest BCUT2D eigenvalue weighted by molar-refractivity contribution is 8.05. The van der Waals surface area contributed by atoms with Crippen LogP contribution < -0.4 is 31.8 Å². The Bertz CT molecular complexity index is 3050. The number of hydrogen-bond acceptors (Lipinski definition) is 0. The zero-order chi connectivity index (χ0) is 83.2. The fourth-order valence-electron chi connectivity index (χ4n) is 19.5. The Labute approximate surface area is 719 Å². The second-order valence-corrected chi connectivity index (χ2v) is 43.9. The Morgan fingerprint density at radius 2 is 0.270 bits per heavy atom. The molecule has 0 aromatic heterocycles. The number of unbranched alkanes of at least 4 members (excludes halogenated alkanes) is 18. The molecule has 3 heteroatoms. The lowest BCUT2D eigenvalue weighted by Crippen LogP contribution is -2.46. The third kappa shape index (κ3) is 27.8. The van der Waals surface area contributed by atoms with Crippen LogP contribution in [0.4, 0.5) is 0 Å². The number of rotatable bonds is 65. The van der Waals surface area contributed by atoms with Crippen molar-refractivity contribution in [1.82, 2.24) is 0 Å². The number of aryl methyl sites for hydroxylation is 6. The first-order valence-electron chi connectivity index (χ1n) is 50.6. The van der Waals surface area contributed by atoms with Gasteiger partial charge >= 0.3 is 0 Å². The molecule has 6 rings (SSSR count). The SMILES string of the molecule is CCCCc1ccc(P(c2ccc(CCCC)c(CCCC)c2CCCC)C(CCC)(P(c2ccc(CCCC)c(CCCC)c2CCCC)c2ccc(CCCC)c(CCCC)c2CCCC)P(c2ccc(CCCC)c(CCCC)c2CCCC)c2ccc(CCCC)c(CCCC)c2CCCC)c(CCCC)c1CCCC. The summed E-state index contributed by atoms with van der Waals surface area (Å²) in [5.41, 5.74) is 31.9. The van der Waals surface area contributed by atoms with Crippen LogP contribution in [0, 0.1) is 0 Å². The van der Waals surface area contributed by atoms with Crippen molar-refractivity contribution >= 4 is 55.6 Å². The van der Waals surface area contributed by atoms with Crippen molar-refractivity contribution in [3.8, 4) is 0 Å². The van der Waals surface area contributed by atoms with Crippen molar-refractivity contribution in [2.24, 2.45) is 0 Å². The lowest BCUT2D eigenvalue weighted by molar-refractivity contribution is 0.735. The first-order valence-corrected chi connectivity index (χ1v) is 54.7. The minimum atomic E-state index is -1.26. The molecular weight excluding hydrogens is 1440 g/mol. The van der Waals surface area contributed by atoms with E-state index in [1.54, 1.807) is 66.8 Å². The Morgan fingerprint density at radius 1 is 0.148 bits per heavy atom. The van der Waals surface area contributed by atoms with Crippen LogP contribution in [0.3, 0.4) is 0 Å². The first-order chi connectivity index (χ1) is 56.4. The molecule has 0 nitrogen and oxygen atoms in total. The molecule has 0 radical (unpaired) electrons. The zero-order valence-corrected chi connectivity index (χ0v) is 82.1. The predicted molar refractivity (Wildman–Crippen MR) is 530 cm³/mol. The Hall–Kier alpha value is -3.39. The van der Waals surface area contributed by atoms with Crippen LogP contribution >= 0.6 is 23.8 Å². The standard InChI is InChI=1S/C112H181P3/c1-20-39-57-88-75-81-106(100(69-51-32-13)94(88)63-45-26-7)113(107-82-76-89(58-40-21-2)95(64-46-27-8)101(107)70-52-33-14)112(87-38-19,114(108-83-77-90(59-41-22-3)96(65-47-28-9)102(108)71-53-34-15)109-84-78-91(60-42-23-4)97(66-48-29-10)103(109)72-54-35-16)115(110-85-79-92(61-43-24-5)98(67-49-30-11)104(110)73-55-36-17)111-86-80-93(62-44-25-6)99(68-50-31-12)105(111)74-56-37-18/h75-86H,20-74,87H2,1-19H3. The summed E-state index contributed by atoms with van der Waals surface area (Å²) >= 11 is 0. The molecule has 0 heterocycles. The molecule has 115 heavy (non-hydrogen) atoms. The van der Waals surface area contributed by atoms with Gasteiger partial charge in [0, 0.05) is 0 Å². The monoisotopic (exact) mass is 1620 g/mol. The topological polar surface area (TPSA) is 0 Å². The van der Waals surface area contributed by atoms with Gasteiger partial charge in [-0.15, -0.1) is 0 Å². The molecule has 0 saturated heterocycles. The molecule has 6 aromatic rings. The third-order valence-corrected chi connectivity index (χ3v) is 38.1. The van der Waals surface area contributed by atoms with Crippen molar-refractivity contribution < 1.29 is 0 Å². The second-order valence-electron chi connectivity index (χ2n) is 35.6. The van der Waals surface area contributed by atoms with Crippen LogP contribution in [0.5, 0.6) is 0 Å². The van der Waals surface area contributed by atoms with Crippen molar-refractivity contribution in [2.75, 3.05) is 0 Å². The summed E-state index contributed by atoms with van der Waals surface area (Å²) in [7, 11) is -3.78. The van der Waals surface area contributed by atoms with Crippen molar-refractivity contribution in [1.29, 1.82) is 0 Å². The molecule has 0 bridgehead atoms. The van der Waals surface area contributed by atoms with Crippen LogP contribution in [-0.2, 0) is 116 Å². The predicted octanol–water partition coefficient (Wildman–Crippen LogP) is 33.0. The summed E-state index contributed by atoms with van der Waals surface area (Å²) < 4.78 is -0.291. The third-order valence-electron chi connectivity index (χ3n) is 26.3. The van der Waals surface area contributed by atoms with Gasteiger partial charge in [0.05, 0.1) is 4.64 Å². The molecule has 0 aliphatic heterocycles. The van der Waals surface area contributed by atoms with Gasteiger partial charge < -0.3 is 0 Å². The Kier molecular flexibility index (Phi) is 50.5. The van der Waals surface area contributed by atoms with Gasteiger partial charge in [0.15, 0.2) is 0 Å². The van der Waals surface area contributed by atoms with E-state index in [9.17, 15) is 0 Å². The number of benzene rings is 6. The average molecular weight is 1620 g/mol. The van der Waals surface area contributed by atoms with E-state index in [2.05, 4.69) is 204 Å². The summed E-state index contributed by atoms with van der Waals surface area (Å²) in [5, 5.41) is 11.0. The van der Waals surface area contributed by atoms with Gasteiger partial charge in [-0.05, 0) is 393 Å². The van der Waals surface area contributed by atoms with Gasteiger partial charge in [-0.2, -0.15) is 0 Å². The fourth-order valence-corrected chi connectivity index (χ4v) is 34.7. The number of hydrogen-bond donors (Lipinski definition) is 0. The minimum Gasteiger partial charge on any atom is -0.0654 e. The molecule has 6 aromatic carbocycles. The van der Waals surface area contributed by atoms with E-state index in [0.29, 0.717) is 0 Å². The van der Waals surface area contributed by atoms with Crippen molar-refractivity contribution in [2.45, 2.75) is 496 Å². The largest absolute Gasteiger partial charge is 0.0654 e. The molecule has 0 N–H and O–H groups in total. The summed E-state index contributed by atoms with van der Waals surface area (Å²) in [5.74, 6) is 0. The highest BCUT2D eigenvalue weighted by atomic mass is 31.2. The quantitative estimate of drug-likeness (QED) is 0.0334. The summed E-state index contributed by atoms with van der Waals surface area (Å²) in [6.45, 7) is 47.9. The Balaban J connectivity index is 2.43. The van der Waals surface area contributed by atoms with Gasteiger partial charge in [-0.1, -0.05) is 326 Å². The van der Waals surface area contributed by atoms with Crippen LogP contribution in [0.2, 0.25) is 0 Å². The molecule has 0 spiro atoms. The van der Waals surface area contributed by atoms with Gasteiger partial charge in [0.25, 0.3) is 0 Å². The minimum absolute atomic E-state index is 0.291. The maximum atomic E-state index is 3.02. The zero-order valence-electron chi connectivity index (χ0n) is 79.4. The molecule has 644 valence electrons. The summed E-state index contributed by atoms with van der Waals surface area (Å²) in [6, 6.07) is 35.4. The molecule has 0 aliphatic carbocycles. The van der Waals surface area contributed by atoms with Gasteiger partial charge in [0.1, 0.15) is 0 Å². The highest BCUT2D eigenvalue weighted by Crippen LogP contribution is 2.81. The molecule has 0 aliphatic rings. The van der Waals surface area contributed by atoms with E-state index < -0.39 is 23.8 Å². The molecule has 0 amide bonds. The molecule has 0 unspecified atom stereocenters. The lowest BCUT2D eigenvalue weighted by atomic mass is 9.90. The van der Waals surface area contributed by atoms with E-state index in [1.165, 1.54) is 353 Å². The Morgan fingerprint density at radius 3 is 0.391 bits per heavy atom. The van der Waals surface area contributed by atoms with Crippen LogP contribution in [0.25, 0.3) is 0 Å². The fraction of sp³-hybridized carbons (Fsp3) is 0.679. The van der Waals surface area contributed by atoms with E-state index in [4.69, 9.17) is 0 Å². The van der Waals surface area contributed by atoms with Crippen LogP contribution in [0.15, 0.2) is 72.8 Å². The van der Waals surface area contributed by atoms with E-state index in [1.807, 2.05) is 65.2 Å². The molecule has 0 atom stereocenters. The smallest absolute Gasteiger partial charge is 0.0546 e. The van der Waals surface area contributed by atoms with Gasteiger partial charge in [-0.3, -0.25) is 0 Å². The maximum absolute atomic E-state index is 3.02. The van der Waals surface area contributed by atoms with Gasteiger partial charge in [0.2, 0.25) is 0 Å². The van der Waals surface area contributed by atoms with Crippen molar-refractivity contribution in [3.63, 3.8) is 0 Å². The van der Waals surface area contributed by atoms with E-state index in [0.717, 1.165) is 6.42 Å². The van der Waals surface area contributed by atoms with Crippen LogP contribution in [-0.4, -0.2) is 4.64 Å². The van der Waals surface area contributed by atoms with E-state index >= 15 is 0 Å². The maximum Gasteiger partial charge on any atom is 0.0546 e. The molecule has 0 saturated carbocycles. The molecular formula is C112H181P3.